The number of aliphatic hydroxyl groups excluding tert-OH is 1. The largest absolute Gasteiger partial charge is 0.393 e. The lowest BCUT2D eigenvalue weighted by atomic mass is 9.85. The summed E-state index contributed by atoms with van der Waals surface area (Å²) in [4.78, 5) is 4.33. The molecule has 2 aromatic rings. The van der Waals surface area contributed by atoms with Gasteiger partial charge in [-0.15, -0.1) is 0 Å². The van der Waals surface area contributed by atoms with Crippen LogP contribution in [0.4, 0.5) is 0 Å². The lowest BCUT2D eigenvalue weighted by molar-refractivity contribution is 0.0736. The van der Waals surface area contributed by atoms with E-state index >= 15 is 0 Å². The third-order valence-corrected chi connectivity index (χ3v) is 5.60. The lowest BCUT2D eigenvalue weighted by Crippen LogP contribution is -2.35. The summed E-state index contributed by atoms with van der Waals surface area (Å²) in [6, 6.07) is 10.7. The summed E-state index contributed by atoms with van der Waals surface area (Å²) in [7, 11) is 0. The van der Waals surface area contributed by atoms with Crippen LogP contribution in [0.2, 0.25) is 0 Å². The molecule has 24 heavy (non-hydrogen) atoms. The van der Waals surface area contributed by atoms with Crippen molar-refractivity contribution < 1.29 is 5.11 Å². The first kappa shape index (κ1) is 15.6. The number of imidazole rings is 1. The van der Waals surface area contributed by atoms with Gasteiger partial charge >= 0.3 is 0 Å². The molecule has 0 spiro atoms. The summed E-state index contributed by atoms with van der Waals surface area (Å²) in [6.45, 7) is 4.21. The lowest BCUT2D eigenvalue weighted by Gasteiger charge is -2.30. The minimum atomic E-state index is -0.267. The average Bonchev–Trinajstić information content (AvgIpc) is 3.20. The second-order valence-corrected chi connectivity index (χ2v) is 7.00. The summed E-state index contributed by atoms with van der Waals surface area (Å²) >= 11 is 0. The van der Waals surface area contributed by atoms with Gasteiger partial charge in [-0.25, -0.2) is 4.98 Å². The van der Waals surface area contributed by atoms with E-state index in [-0.39, 0.29) is 12.1 Å². The van der Waals surface area contributed by atoms with Crippen LogP contribution in [0.25, 0.3) is 11.1 Å². The number of allylic oxidation sites excluding steroid dienone is 2. The van der Waals surface area contributed by atoms with Gasteiger partial charge in [-0.1, -0.05) is 30.3 Å². The molecule has 1 aromatic carbocycles. The van der Waals surface area contributed by atoms with Gasteiger partial charge in [-0.2, -0.15) is 0 Å². The Bertz CT molecular complexity index is 728. The zero-order valence-corrected chi connectivity index (χ0v) is 14.2. The van der Waals surface area contributed by atoms with E-state index in [0.29, 0.717) is 5.92 Å². The van der Waals surface area contributed by atoms with Gasteiger partial charge in [0.15, 0.2) is 0 Å². The first-order valence-corrected chi connectivity index (χ1v) is 8.93. The van der Waals surface area contributed by atoms with Gasteiger partial charge in [-0.05, 0) is 61.9 Å². The molecule has 2 atom stereocenters. The van der Waals surface area contributed by atoms with E-state index in [1.807, 2.05) is 12.5 Å². The van der Waals surface area contributed by atoms with E-state index in [4.69, 9.17) is 0 Å². The molecule has 2 aliphatic rings. The van der Waals surface area contributed by atoms with E-state index in [2.05, 4.69) is 52.1 Å². The Morgan fingerprint density at radius 2 is 2.00 bits per heavy atom. The molecule has 2 aliphatic heterocycles. The number of rotatable bonds is 4. The van der Waals surface area contributed by atoms with Crippen LogP contribution in [0.1, 0.15) is 43.5 Å². The smallest absolute Gasteiger partial charge is 0.0956 e. The molecule has 4 nitrogen and oxygen atoms in total. The van der Waals surface area contributed by atoms with Crippen molar-refractivity contribution in [1.29, 1.82) is 0 Å². The fourth-order valence-electron chi connectivity index (χ4n) is 4.28. The fraction of sp³-hybridized carbons (Fsp3) is 0.450. The molecular formula is C20H25N3O. The number of hydrogen-bond donors (Lipinski definition) is 2. The SMILES string of the molecule is CC1=C(c2ccccc2)C(CC(O)C2CCNCC2)n2cncc21. The first-order valence-electron chi connectivity index (χ1n) is 8.93. The third-order valence-electron chi connectivity index (χ3n) is 5.60. The molecule has 4 rings (SSSR count). The molecular weight excluding hydrogens is 298 g/mol. The highest BCUT2D eigenvalue weighted by Crippen LogP contribution is 2.44. The van der Waals surface area contributed by atoms with Crippen molar-refractivity contribution in [1.82, 2.24) is 14.9 Å². The molecule has 0 aliphatic carbocycles. The monoisotopic (exact) mass is 323 g/mol. The summed E-state index contributed by atoms with van der Waals surface area (Å²) in [6.07, 6.45) is 6.47. The molecule has 0 radical (unpaired) electrons. The van der Waals surface area contributed by atoms with Crippen molar-refractivity contribution in [3.8, 4) is 0 Å². The summed E-state index contributed by atoms with van der Waals surface area (Å²) in [5.41, 5.74) is 5.04. The van der Waals surface area contributed by atoms with E-state index in [1.54, 1.807) is 0 Å². The van der Waals surface area contributed by atoms with Crippen LogP contribution in [-0.2, 0) is 0 Å². The van der Waals surface area contributed by atoms with Crippen LogP contribution in [0.3, 0.4) is 0 Å². The van der Waals surface area contributed by atoms with E-state index in [9.17, 15) is 5.11 Å². The Hall–Kier alpha value is -1.91. The maximum Gasteiger partial charge on any atom is 0.0956 e. The van der Waals surface area contributed by atoms with E-state index in [1.165, 1.54) is 22.4 Å². The van der Waals surface area contributed by atoms with Gasteiger partial charge < -0.3 is 15.0 Å². The zero-order chi connectivity index (χ0) is 16.5. The van der Waals surface area contributed by atoms with Crippen molar-refractivity contribution in [2.24, 2.45) is 5.92 Å². The van der Waals surface area contributed by atoms with Crippen LogP contribution in [-0.4, -0.2) is 33.9 Å². The van der Waals surface area contributed by atoms with Gasteiger partial charge in [0.1, 0.15) is 0 Å². The zero-order valence-electron chi connectivity index (χ0n) is 14.2. The Balaban J connectivity index is 1.64. The first-order chi connectivity index (χ1) is 11.8. The van der Waals surface area contributed by atoms with Crippen molar-refractivity contribution in [3.63, 3.8) is 0 Å². The number of nitrogens with one attached hydrogen (secondary N) is 1. The Labute approximate surface area is 143 Å². The molecule has 2 N–H and O–H groups in total. The molecule has 0 amide bonds. The van der Waals surface area contributed by atoms with Gasteiger partial charge in [0.25, 0.3) is 0 Å². The normalized spacial score (nSPS) is 22.7. The summed E-state index contributed by atoms with van der Waals surface area (Å²) in [5, 5.41) is 14.2. The van der Waals surface area contributed by atoms with Crippen molar-refractivity contribution in [2.45, 2.75) is 38.3 Å². The molecule has 126 valence electrons. The number of fused-ring (bicyclic) bond motifs is 1. The summed E-state index contributed by atoms with van der Waals surface area (Å²) < 4.78 is 2.24. The predicted molar refractivity (Wildman–Crippen MR) is 96.4 cm³/mol. The van der Waals surface area contributed by atoms with Crippen LogP contribution in [0, 0.1) is 5.92 Å². The van der Waals surface area contributed by atoms with Crippen molar-refractivity contribution in [3.05, 3.63) is 54.1 Å². The number of nitrogens with zero attached hydrogens (tertiary/aromatic N) is 2. The van der Waals surface area contributed by atoms with Gasteiger partial charge in [0, 0.05) is 0 Å². The van der Waals surface area contributed by atoms with Crippen LogP contribution >= 0.6 is 0 Å². The molecule has 2 unspecified atom stereocenters. The van der Waals surface area contributed by atoms with E-state index in [0.717, 1.165) is 32.4 Å². The standard InChI is InChI=1S/C20H25N3O/c1-14-18-12-22-13-23(18)17(20(14)16-5-3-2-4-6-16)11-19(24)15-7-9-21-10-8-15/h2-6,12-13,15,17,19,21,24H,7-11H2,1H3. The number of piperidine rings is 1. The second-order valence-electron chi connectivity index (χ2n) is 7.00. The topological polar surface area (TPSA) is 50.1 Å². The van der Waals surface area contributed by atoms with Crippen LogP contribution in [0.15, 0.2) is 42.9 Å². The predicted octanol–water partition coefficient (Wildman–Crippen LogP) is 3.12. The van der Waals surface area contributed by atoms with E-state index < -0.39 is 0 Å². The maximum atomic E-state index is 10.9. The Kier molecular flexibility index (Phi) is 4.25. The van der Waals surface area contributed by atoms with Crippen molar-refractivity contribution >= 4 is 11.1 Å². The third kappa shape index (κ3) is 2.70. The Morgan fingerprint density at radius 1 is 1.25 bits per heavy atom. The van der Waals surface area contributed by atoms with Gasteiger partial charge in [-0.3, -0.25) is 0 Å². The van der Waals surface area contributed by atoms with Gasteiger partial charge in [0.05, 0.1) is 30.4 Å². The summed E-state index contributed by atoms with van der Waals surface area (Å²) in [5.74, 6) is 0.399. The van der Waals surface area contributed by atoms with Crippen LogP contribution in [0.5, 0.6) is 0 Å². The molecule has 1 saturated heterocycles. The number of benzene rings is 1. The Morgan fingerprint density at radius 3 is 2.75 bits per heavy atom. The highest BCUT2D eigenvalue weighted by Gasteiger charge is 2.33. The minimum absolute atomic E-state index is 0.176. The average molecular weight is 323 g/mol. The molecule has 0 bridgehead atoms. The minimum Gasteiger partial charge on any atom is -0.393 e. The number of hydrogen-bond acceptors (Lipinski definition) is 3. The molecule has 0 saturated carbocycles. The molecule has 4 heteroatoms. The number of aliphatic hydroxyl groups is 1. The fourth-order valence-corrected chi connectivity index (χ4v) is 4.28. The van der Waals surface area contributed by atoms with Gasteiger partial charge in [0.2, 0.25) is 0 Å². The highest BCUT2D eigenvalue weighted by molar-refractivity contribution is 5.93. The molecule has 1 aromatic heterocycles. The van der Waals surface area contributed by atoms with Crippen molar-refractivity contribution in [2.75, 3.05) is 13.1 Å². The maximum absolute atomic E-state index is 10.9. The second kappa shape index (κ2) is 6.54. The highest BCUT2D eigenvalue weighted by atomic mass is 16.3. The van der Waals surface area contributed by atoms with Crippen LogP contribution < -0.4 is 5.32 Å². The molecule has 3 heterocycles. The molecule has 1 fully saturated rings. The quantitative estimate of drug-likeness (QED) is 0.909. The number of aromatic nitrogens is 2.